The number of aryl methyl sites for hydroxylation is 1. The Bertz CT molecular complexity index is 614. The summed E-state index contributed by atoms with van der Waals surface area (Å²) in [6.07, 6.45) is 6.46. The lowest BCUT2D eigenvalue weighted by molar-refractivity contribution is 0.0180. The first-order valence-corrected chi connectivity index (χ1v) is 9.67. The Morgan fingerprint density at radius 1 is 1.32 bits per heavy atom. The SMILES string of the molecule is Cc1occc1C(=O)N1CCC2(CC1)CN(C)C[C@H]2COCC1CC1. The summed E-state index contributed by atoms with van der Waals surface area (Å²) < 4.78 is 11.3. The van der Waals surface area contributed by atoms with Crippen LogP contribution in [-0.4, -0.2) is 62.1 Å². The Morgan fingerprint density at radius 2 is 2.08 bits per heavy atom. The first-order valence-electron chi connectivity index (χ1n) is 9.67. The molecule has 4 rings (SSSR count). The highest BCUT2D eigenvalue weighted by Gasteiger charge is 2.47. The molecular weight excluding hydrogens is 316 g/mol. The maximum absolute atomic E-state index is 12.7. The topological polar surface area (TPSA) is 45.9 Å². The average molecular weight is 346 g/mol. The van der Waals surface area contributed by atoms with E-state index in [-0.39, 0.29) is 5.91 Å². The number of hydrogen-bond donors (Lipinski definition) is 0. The van der Waals surface area contributed by atoms with Crippen LogP contribution in [0.15, 0.2) is 16.7 Å². The summed E-state index contributed by atoms with van der Waals surface area (Å²) in [6.45, 7) is 7.64. The van der Waals surface area contributed by atoms with E-state index in [1.54, 1.807) is 12.3 Å². The van der Waals surface area contributed by atoms with Crippen molar-refractivity contribution in [1.29, 1.82) is 0 Å². The predicted molar refractivity (Wildman–Crippen MR) is 95.5 cm³/mol. The van der Waals surface area contributed by atoms with Crippen molar-refractivity contribution in [1.82, 2.24) is 9.80 Å². The van der Waals surface area contributed by atoms with Crippen molar-refractivity contribution in [3.8, 4) is 0 Å². The van der Waals surface area contributed by atoms with Crippen LogP contribution in [0, 0.1) is 24.2 Å². The fourth-order valence-corrected chi connectivity index (χ4v) is 4.69. The molecule has 5 nitrogen and oxygen atoms in total. The predicted octanol–water partition coefficient (Wildman–Crippen LogP) is 2.80. The van der Waals surface area contributed by atoms with Crippen LogP contribution in [0.2, 0.25) is 0 Å². The van der Waals surface area contributed by atoms with E-state index in [9.17, 15) is 4.79 Å². The van der Waals surface area contributed by atoms with Crippen molar-refractivity contribution in [2.75, 3.05) is 46.4 Å². The van der Waals surface area contributed by atoms with Gasteiger partial charge in [-0.2, -0.15) is 0 Å². The van der Waals surface area contributed by atoms with Crippen molar-refractivity contribution in [3.63, 3.8) is 0 Å². The molecule has 1 aliphatic carbocycles. The Labute approximate surface area is 150 Å². The van der Waals surface area contributed by atoms with Crippen LogP contribution >= 0.6 is 0 Å². The molecule has 3 heterocycles. The van der Waals surface area contributed by atoms with Gasteiger partial charge in [-0.25, -0.2) is 0 Å². The molecule has 3 aliphatic rings. The monoisotopic (exact) mass is 346 g/mol. The standard InChI is InChI=1S/C20H30N2O3/c1-15-18(5-10-25-15)19(23)22-8-6-20(7-9-22)14-21(2)11-17(20)13-24-12-16-3-4-16/h5,10,16-17H,3-4,6-9,11-14H2,1-2H3/t17-/m0/s1. The second-order valence-corrected chi connectivity index (χ2v) is 8.42. The van der Waals surface area contributed by atoms with Gasteiger partial charge in [0.15, 0.2) is 0 Å². The fraction of sp³-hybridized carbons (Fsp3) is 0.750. The summed E-state index contributed by atoms with van der Waals surface area (Å²) in [5.74, 6) is 2.27. The summed E-state index contributed by atoms with van der Waals surface area (Å²) in [4.78, 5) is 17.2. The van der Waals surface area contributed by atoms with Crippen molar-refractivity contribution in [2.45, 2.75) is 32.6 Å². The fourth-order valence-electron chi connectivity index (χ4n) is 4.69. The average Bonchev–Trinajstić information content (AvgIpc) is 3.24. The Balaban J connectivity index is 1.36. The van der Waals surface area contributed by atoms with Crippen LogP contribution in [0.4, 0.5) is 0 Å². The van der Waals surface area contributed by atoms with Gasteiger partial charge in [-0.05, 0) is 57.1 Å². The highest BCUT2D eigenvalue weighted by molar-refractivity contribution is 5.95. The van der Waals surface area contributed by atoms with Gasteiger partial charge in [0.25, 0.3) is 5.91 Å². The number of furan rings is 1. The quantitative estimate of drug-likeness (QED) is 0.822. The van der Waals surface area contributed by atoms with Gasteiger partial charge < -0.3 is 19.0 Å². The molecule has 3 fully saturated rings. The minimum Gasteiger partial charge on any atom is -0.469 e. The van der Waals surface area contributed by atoms with Gasteiger partial charge >= 0.3 is 0 Å². The van der Waals surface area contributed by atoms with Gasteiger partial charge in [0.1, 0.15) is 5.76 Å². The number of hydrogen-bond acceptors (Lipinski definition) is 4. The molecule has 25 heavy (non-hydrogen) atoms. The molecule has 1 amide bonds. The van der Waals surface area contributed by atoms with Crippen molar-refractivity contribution in [3.05, 3.63) is 23.7 Å². The van der Waals surface area contributed by atoms with Crippen molar-refractivity contribution >= 4 is 5.91 Å². The van der Waals surface area contributed by atoms with Crippen LogP contribution in [0.5, 0.6) is 0 Å². The number of likely N-dealkylation sites (tertiary alicyclic amines) is 2. The van der Waals surface area contributed by atoms with Gasteiger partial charge in [-0.1, -0.05) is 0 Å². The van der Waals surface area contributed by atoms with Gasteiger partial charge in [0.2, 0.25) is 0 Å². The van der Waals surface area contributed by atoms with Crippen molar-refractivity contribution < 1.29 is 13.9 Å². The van der Waals surface area contributed by atoms with E-state index in [1.165, 1.54) is 12.8 Å². The molecule has 1 aromatic heterocycles. The Hall–Kier alpha value is -1.33. The molecule has 0 bridgehead atoms. The summed E-state index contributed by atoms with van der Waals surface area (Å²) in [5, 5.41) is 0. The number of carbonyl (C=O) groups is 1. The first kappa shape index (κ1) is 17.1. The van der Waals surface area contributed by atoms with Gasteiger partial charge in [0, 0.05) is 38.7 Å². The maximum atomic E-state index is 12.7. The maximum Gasteiger partial charge on any atom is 0.257 e. The van der Waals surface area contributed by atoms with E-state index in [0.29, 0.717) is 16.9 Å². The van der Waals surface area contributed by atoms with Crippen LogP contribution in [0.1, 0.15) is 41.8 Å². The number of nitrogens with zero attached hydrogens (tertiary/aromatic N) is 2. The number of amides is 1. The summed E-state index contributed by atoms with van der Waals surface area (Å²) >= 11 is 0. The summed E-state index contributed by atoms with van der Waals surface area (Å²) in [7, 11) is 2.22. The van der Waals surface area contributed by atoms with Crippen LogP contribution < -0.4 is 0 Å². The van der Waals surface area contributed by atoms with Gasteiger partial charge in [0.05, 0.1) is 18.4 Å². The number of ether oxygens (including phenoxy) is 1. The molecule has 1 aromatic rings. The lowest BCUT2D eigenvalue weighted by Gasteiger charge is -2.42. The highest BCUT2D eigenvalue weighted by Crippen LogP contribution is 2.44. The third-order valence-corrected chi connectivity index (χ3v) is 6.49. The highest BCUT2D eigenvalue weighted by atomic mass is 16.5. The number of rotatable bonds is 5. The van der Waals surface area contributed by atoms with Crippen molar-refractivity contribution in [2.24, 2.45) is 17.3 Å². The molecule has 0 unspecified atom stereocenters. The molecule has 2 saturated heterocycles. The first-order chi connectivity index (χ1) is 12.1. The zero-order valence-electron chi connectivity index (χ0n) is 15.5. The van der Waals surface area contributed by atoms with Gasteiger partial charge in [-0.15, -0.1) is 0 Å². The second kappa shape index (κ2) is 6.76. The minimum absolute atomic E-state index is 0.119. The van der Waals surface area contributed by atoms with E-state index < -0.39 is 0 Å². The van der Waals surface area contributed by atoms with Crippen LogP contribution in [0.25, 0.3) is 0 Å². The summed E-state index contributed by atoms with van der Waals surface area (Å²) in [6, 6.07) is 1.79. The summed E-state index contributed by atoms with van der Waals surface area (Å²) in [5.41, 5.74) is 1.03. The third kappa shape index (κ3) is 3.49. The number of carbonyl (C=O) groups excluding carboxylic acids is 1. The number of piperidine rings is 1. The molecule has 0 N–H and O–H groups in total. The smallest absolute Gasteiger partial charge is 0.257 e. The molecule has 0 aromatic carbocycles. The normalized spacial score (nSPS) is 26.5. The van der Waals surface area contributed by atoms with E-state index in [2.05, 4.69) is 11.9 Å². The molecule has 5 heteroatoms. The van der Waals surface area contributed by atoms with Crippen LogP contribution in [0.3, 0.4) is 0 Å². The molecule has 1 saturated carbocycles. The van der Waals surface area contributed by atoms with E-state index in [0.717, 1.165) is 63.9 Å². The lowest BCUT2D eigenvalue weighted by Crippen LogP contribution is -2.47. The zero-order chi connectivity index (χ0) is 17.4. The van der Waals surface area contributed by atoms with Gasteiger partial charge in [-0.3, -0.25) is 4.79 Å². The Kier molecular flexibility index (Phi) is 4.63. The third-order valence-electron chi connectivity index (χ3n) is 6.49. The minimum atomic E-state index is 0.119. The zero-order valence-corrected chi connectivity index (χ0v) is 15.5. The second-order valence-electron chi connectivity index (χ2n) is 8.42. The largest absolute Gasteiger partial charge is 0.469 e. The molecular formula is C20H30N2O3. The van der Waals surface area contributed by atoms with E-state index in [1.807, 2.05) is 11.8 Å². The molecule has 1 spiro atoms. The molecule has 1 atom stereocenters. The lowest BCUT2D eigenvalue weighted by atomic mass is 9.71. The Morgan fingerprint density at radius 3 is 2.72 bits per heavy atom. The van der Waals surface area contributed by atoms with E-state index in [4.69, 9.17) is 9.15 Å². The molecule has 138 valence electrons. The van der Waals surface area contributed by atoms with E-state index >= 15 is 0 Å². The van der Waals surface area contributed by atoms with Crippen LogP contribution in [-0.2, 0) is 4.74 Å². The molecule has 0 radical (unpaired) electrons. The molecule has 2 aliphatic heterocycles.